The minimum absolute atomic E-state index is 0.0774. The lowest BCUT2D eigenvalue weighted by molar-refractivity contribution is 0.412. The highest BCUT2D eigenvalue weighted by atomic mass is 79.9. The Kier molecular flexibility index (Phi) is 3.74. The summed E-state index contributed by atoms with van der Waals surface area (Å²) >= 11 is 3.50. The average Bonchev–Trinajstić information content (AvgIpc) is 2.96. The first-order valence-electron chi connectivity index (χ1n) is 6.43. The number of aromatic amines is 1. The molecule has 0 fully saturated rings. The third-order valence-electron chi connectivity index (χ3n) is 3.25. The number of ether oxygens (including phenoxy) is 1. The molecule has 2 N–H and O–H groups in total. The van der Waals surface area contributed by atoms with Crippen LogP contribution in [0.5, 0.6) is 5.75 Å². The number of hydrogen-bond donors (Lipinski definition) is 2. The molecule has 3 aromatic rings. The normalized spacial score (nSPS) is 12.3. The Morgan fingerprint density at radius 3 is 2.90 bits per heavy atom. The summed E-state index contributed by atoms with van der Waals surface area (Å²) in [5.74, 6) is 1.54. The molecule has 2 heterocycles. The van der Waals surface area contributed by atoms with Crippen LogP contribution in [0.15, 0.2) is 35.3 Å². The maximum atomic E-state index is 5.24. The van der Waals surface area contributed by atoms with Crippen molar-refractivity contribution in [3.8, 4) is 5.75 Å². The number of halogens is 1. The minimum atomic E-state index is 0.0774. The molecule has 1 unspecified atom stereocenters. The van der Waals surface area contributed by atoms with E-state index in [0.29, 0.717) is 5.65 Å². The van der Waals surface area contributed by atoms with Gasteiger partial charge in [0.25, 0.3) is 0 Å². The molecule has 0 amide bonds. The van der Waals surface area contributed by atoms with Crippen molar-refractivity contribution in [2.75, 3.05) is 12.4 Å². The first-order chi connectivity index (χ1) is 10.2. The number of methoxy groups -OCH3 is 1. The van der Waals surface area contributed by atoms with Gasteiger partial charge in [0.1, 0.15) is 17.6 Å². The summed E-state index contributed by atoms with van der Waals surface area (Å²) in [4.78, 5) is 15.5. The van der Waals surface area contributed by atoms with E-state index in [4.69, 9.17) is 4.74 Å². The largest absolute Gasteiger partial charge is 0.496 e. The number of fused-ring (bicyclic) bond motifs is 1. The van der Waals surface area contributed by atoms with E-state index in [9.17, 15) is 0 Å². The predicted molar refractivity (Wildman–Crippen MR) is 84.4 cm³/mol. The average molecular weight is 348 g/mol. The van der Waals surface area contributed by atoms with Crippen molar-refractivity contribution in [3.05, 3.63) is 40.9 Å². The van der Waals surface area contributed by atoms with E-state index in [1.54, 1.807) is 13.4 Å². The van der Waals surface area contributed by atoms with E-state index in [-0.39, 0.29) is 6.04 Å². The highest BCUT2D eigenvalue weighted by Crippen LogP contribution is 2.29. The van der Waals surface area contributed by atoms with Crippen LogP contribution >= 0.6 is 15.9 Å². The molecule has 0 bridgehead atoms. The molecule has 0 aliphatic carbocycles. The summed E-state index contributed by atoms with van der Waals surface area (Å²) in [5, 5.41) is 3.37. The van der Waals surface area contributed by atoms with E-state index in [1.165, 1.54) is 6.33 Å². The van der Waals surface area contributed by atoms with E-state index in [1.807, 2.05) is 18.2 Å². The number of nitrogens with zero attached hydrogens (tertiary/aromatic N) is 3. The number of imidazole rings is 1. The van der Waals surface area contributed by atoms with Crippen LogP contribution in [0, 0.1) is 0 Å². The molecular formula is C14H14BrN5O. The Bertz CT molecular complexity index is 773. The van der Waals surface area contributed by atoms with Crippen molar-refractivity contribution >= 4 is 32.9 Å². The first kappa shape index (κ1) is 13.8. The Hall–Kier alpha value is -2.15. The number of aromatic nitrogens is 4. The van der Waals surface area contributed by atoms with Crippen molar-refractivity contribution in [2.45, 2.75) is 13.0 Å². The van der Waals surface area contributed by atoms with Crippen molar-refractivity contribution in [1.82, 2.24) is 19.9 Å². The molecular weight excluding hydrogens is 334 g/mol. The number of anilines is 1. The SMILES string of the molecule is COc1ccc(C(C)Nc2ncnc3nc[nH]c23)cc1Br. The molecule has 2 aromatic heterocycles. The van der Waals surface area contributed by atoms with E-state index in [0.717, 1.165) is 27.1 Å². The molecule has 0 saturated heterocycles. The zero-order chi connectivity index (χ0) is 14.8. The second kappa shape index (κ2) is 5.69. The van der Waals surface area contributed by atoms with E-state index < -0.39 is 0 Å². The number of H-pyrrole nitrogens is 1. The molecule has 6 nitrogen and oxygen atoms in total. The van der Waals surface area contributed by atoms with Gasteiger partial charge in [-0.2, -0.15) is 0 Å². The third kappa shape index (κ3) is 2.69. The Morgan fingerprint density at radius 1 is 1.29 bits per heavy atom. The number of rotatable bonds is 4. The summed E-state index contributed by atoms with van der Waals surface area (Å²) in [7, 11) is 1.65. The fourth-order valence-corrected chi connectivity index (χ4v) is 2.67. The summed E-state index contributed by atoms with van der Waals surface area (Å²) in [6, 6.07) is 6.06. The lowest BCUT2D eigenvalue weighted by Crippen LogP contribution is -2.08. The summed E-state index contributed by atoms with van der Waals surface area (Å²) in [5.41, 5.74) is 2.57. The van der Waals surface area contributed by atoms with Gasteiger partial charge in [-0.1, -0.05) is 6.07 Å². The topological polar surface area (TPSA) is 75.7 Å². The zero-order valence-electron chi connectivity index (χ0n) is 11.6. The minimum Gasteiger partial charge on any atom is -0.496 e. The highest BCUT2D eigenvalue weighted by Gasteiger charge is 2.12. The molecule has 0 aliphatic heterocycles. The standard InChI is InChI=1S/C14H14BrN5O/c1-8(9-3-4-11(21-2)10(15)5-9)20-14-12-13(17-6-16-12)18-7-19-14/h3-8H,1-2H3,(H2,16,17,18,19,20). The maximum absolute atomic E-state index is 5.24. The lowest BCUT2D eigenvalue weighted by Gasteiger charge is -2.16. The fourth-order valence-electron chi connectivity index (χ4n) is 2.11. The second-order valence-electron chi connectivity index (χ2n) is 4.58. The molecule has 0 radical (unpaired) electrons. The predicted octanol–water partition coefficient (Wildman–Crippen LogP) is 3.30. The van der Waals surface area contributed by atoms with E-state index >= 15 is 0 Å². The van der Waals surface area contributed by atoms with Gasteiger partial charge in [0, 0.05) is 0 Å². The van der Waals surface area contributed by atoms with Gasteiger partial charge < -0.3 is 15.0 Å². The van der Waals surface area contributed by atoms with Crippen molar-refractivity contribution in [3.63, 3.8) is 0 Å². The van der Waals surface area contributed by atoms with Crippen LogP contribution in [0.4, 0.5) is 5.82 Å². The number of hydrogen-bond acceptors (Lipinski definition) is 5. The van der Waals surface area contributed by atoms with Gasteiger partial charge in [0.05, 0.1) is 24.0 Å². The van der Waals surface area contributed by atoms with Crippen molar-refractivity contribution < 1.29 is 4.74 Å². The molecule has 108 valence electrons. The van der Waals surface area contributed by atoms with Gasteiger partial charge in [-0.3, -0.25) is 0 Å². The van der Waals surface area contributed by atoms with Crippen LogP contribution in [-0.2, 0) is 0 Å². The van der Waals surface area contributed by atoms with Crippen molar-refractivity contribution in [2.24, 2.45) is 0 Å². The number of benzene rings is 1. The Balaban J connectivity index is 1.87. The molecule has 0 saturated carbocycles. The molecule has 0 aliphatic rings. The molecule has 1 aromatic carbocycles. The zero-order valence-corrected chi connectivity index (χ0v) is 13.2. The monoisotopic (exact) mass is 347 g/mol. The van der Waals surface area contributed by atoms with Gasteiger partial charge in [-0.05, 0) is 40.5 Å². The van der Waals surface area contributed by atoms with Crippen LogP contribution in [-0.4, -0.2) is 27.0 Å². The van der Waals surface area contributed by atoms with Gasteiger partial charge in [0.15, 0.2) is 11.5 Å². The van der Waals surface area contributed by atoms with Gasteiger partial charge in [-0.25, -0.2) is 15.0 Å². The second-order valence-corrected chi connectivity index (χ2v) is 5.44. The summed E-state index contributed by atoms with van der Waals surface area (Å²) in [6.07, 6.45) is 3.11. The Morgan fingerprint density at radius 2 is 2.14 bits per heavy atom. The quantitative estimate of drug-likeness (QED) is 0.757. The third-order valence-corrected chi connectivity index (χ3v) is 3.87. The fraction of sp³-hybridized carbons (Fsp3) is 0.214. The van der Waals surface area contributed by atoms with Crippen molar-refractivity contribution in [1.29, 1.82) is 0 Å². The van der Waals surface area contributed by atoms with Crippen LogP contribution in [0.3, 0.4) is 0 Å². The van der Waals surface area contributed by atoms with Gasteiger partial charge in [-0.15, -0.1) is 0 Å². The molecule has 21 heavy (non-hydrogen) atoms. The highest BCUT2D eigenvalue weighted by molar-refractivity contribution is 9.10. The van der Waals surface area contributed by atoms with Gasteiger partial charge in [0.2, 0.25) is 0 Å². The number of nitrogens with one attached hydrogen (secondary N) is 2. The maximum Gasteiger partial charge on any atom is 0.182 e. The summed E-state index contributed by atoms with van der Waals surface area (Å²) in [6.45, 7) is 2.07. The van der Waals surface area contributed by atoms with Crippen LogP contribution < -0.4 is 10.1 Å². The smallest absolute Gasteiger partial charge is 0.182 e. The van der Waals surface area contributed by atoms with Crippen LogP contribution in [0.25, 0.3) is 11.2 Å². The van der Waals surface area contributed by atoms with E-state index in [2.05, 4.69) is 48.1 Å². The molecule has 7 heteroatoms. The van der Waals surface area contributed by atoms with Crippen LogP contribution in [0.1, 0.15) is 18.5 Å². The molecule has 3 rings (SSSR count). The van der Waals surface area contributed by atoms with Gasteiger partial charge >= 0.3 is 0 Å². The molecule has 1 atom stereocenters. The summed E-state index contributed by atoms with van der Waals surface area (Å²) < 4.78 is 6.17. The Labute approximate surface area is 130 Å². The van der Waals surface area contributed by atoms with Crippen LogP contribution in [0.2, 0.25) is 0 Å². The first-order valence-corrected chi connectivity index (χ1v) is 7.22. The molecule has 0 spiro atoms. The lowest BCUT2D eigenvalue weighted by atomic mass is 10.1.